The highest BCUT2D eigenvalue weighted by atomic mass is 35.5. The molecule has 9 heteroatoms. The lowest BCUT2D eigenvalue weighted by atomic mass is 10.1. The standard InChI is InChI=1S/C20H20ClN3O5/c1-26-15-10-12(11-16(27-2)19(15)28-3)20-23-18(29-24-20)9-8-17(25)22-14-7-5-4-6-13(14)21/h4-7,10-11H,8-9H2,1-3H3,(H,22,25). The third kappa shape index (κ3) is 4.78. The van der Waals surface area contributed by atoms with Gasteiger partial charge in [-0.2, -0.15) is 4.98 Å². The minimum absolute atomic E-state index is 0.169. The highest BCUT2D eigenvalue weighted by Crippen LogP contribution is 2.40. The van der Waals surface area contributed by atoms with Crippen molar-refractivity contribution in [2.45, 2.75) is 12.8 Å². The lowest BCUT2D eigenvalue weighted by molar-refractivity contribution is -0.116. The van der Waals surface area contributed by atoms with Crippen molar-refractivity contribution < 1.29 is 23.5 Å². The Morgan fingerprint density at radius 1 is 1.10 bits per heavy atom. The summed E-state index contributed by atoms with van der Waals surface area (Å²) in [6.07, 6.45) is 0.454. The predicted octanol–water partition coefficient (Wildman–Crippen LogP) is 3.99. The average Bonchev–Trinajstić information content (AvgIpc) is 3.22. The van der Waals surface area contributed by atoms with Crippen molar-refractivity contribution in [3.8, 4) is 28.6 Å². The van der Waals surface area contributed by atoms with E-state index in [4.69, 9.17) is 30.3 Å². The Kier molecular flexibility index (Phi) is 6.56. The van der Waals surface area contributed by atoms with Crippen molar-refractivity contribution in [2.75, 3.05) is 26.6 Å². The number of anilines is 1. The van der Waals surface area contributed by atoms with E-state index in [1.807, 2.05) is 0 Å². The molecule has 0 aliphatic heterocycles. The predicted molar refractivity (Wildman–Crippen MR) is 108 cm³/mol. The van der Waals surface area contributed by atoms with Gasteiger partial charge in [0.25, 0.3) is 0 Å². The summed E-state index contributed by atoms with van der Waals surface area (Å²) in [5, 5.41) is 7.21. The van der Waals surface area contributed by atoms with Crippen LogP contribution in [0.25, 0.3) is 11.4 Å². The van der Waals surface area contributed by atoms with Crippen LogP contribution in [-0.4, -0.2) is 37.4 Å². The Balaban J connectivity index is 1.69. The SMILES string of the molecule is COc1cc(-c2noc(CCC(=O)Nc3ccccc3Cl)n2)cc(OC)c1OC. The van der Waals surface area contributed by atoms with Crippen LogP contribution in [0, 0.1) is 0 Å². The molecule has 0 radical (unpaired) electrons. The molecule has 0 atom stereocenters. The summed E-state index contributed by atoms with van der Waals surface area (Å²) in [6.45, 7) is 0. The van der Waals surface area contributed by atoms with Crippen LogP contribution in [0.3, 0.4) is 0 Å². The van der Waals surface area contributed by atoms with Gasteiger partial charge >= 0.3 is 0 Å². The number of rotatable bonds is 8. The third-order valence-electron chi connectivity index (χ3n) is 4.10. The Morgan fingerprint density at radius 2 is 1.79 bits per heavy atom. The Morgan fingerprint density at radius 3 is 2.41 bits per heavy atom. The second kappa shape index (κ2) is 9.29. The molecule has 152 valence electrons. The number of para-hydroxylation sites is 1. The zero-order valence-electron chi connectivity index (χ0n) is 16.2. The van der Waals surface area contributed by atoms with Crippen LogP contribution < -0.4 is 19.5 Å². The summed E-state index contributed by atoms with van der Waals surface area (Å²) >= 11 is 6.04. The van der Waals surface area contributed by atoms with Gasteiger partial charge in [0.15, 0.2) is 11.5 Å². The van der Waals surface area contributed by atoms with Gasteiger partial charge in [0.1, 0.15) is 0 Å². The number of hydrogen-bond donors (Lipinski definition) is 1. The molecule has 0 unspecified atom stereocenters. The smallest absolute Gasteiger partial charge is 0.227 e. The number of nitrogens with one attached hydrogen (secondary N) is 1. The van der Waals surface area contributed by atoms with E-state index >= 15 is 0 Å². The number of carbonyl (C=O) groups excluding carboxylic acids is 1. The normalized spacial score (nSPS) is 10.5. The van der Waals surface area contributed by atoms with Crippen molar-refractivity contribution in [3.63, 3.8) is 0 Å². The molecule has 1 N–H and O–H groups in total. The minimum atomic E-state index is -0.203. The van der Waals surface area contributed by atoms with Gasteiger partial charge in [0.05, 0.1) is 32.0 Å². The fraction of sp³-hybridized carbons (Fsp3) is 0.250. The summed E-state index contributed by atoms with van der Waals surface area (Å²) in [5.74, 6) is 1.91. The van der Waals surface area contributed by atoms with Gasteiger partial charge in [-0.15, -0.1) is 0 Å². The van der Waals surface area contributed by atoms with Crippen molar-refractivity contribution >= 4 is 23.2 Å². The fourth-order valence-electron chi connectivity index (χ4n) is 2.68. The lowest BCUT2D eigenvalue weighted by Crippen LogP contribution is -2.12. The molecule has 8 nitrogen and oxygen atoms in total. The highest BCUT2D eigenvalue weighted by Gasteiger charge is 2.18. The van der Waals surface area contributed by atoms with Crippen LogP contribution in [0.1, 0.15) is 12.3 Å². The van der Waals surface area contributed by atoms with Gasteiger partial charge < -0.3 is 24.1 Å². The van der Waals surface area contributed by atoms with Gasteiger partial charge in [-0.25, -0.2) is 0 Å². The quantitative estimate of drug-likeness (QED) is 0.592. The van der Waals surface area contributed by atoms with E-state index in [-0.39, 0.29) is 18.7 Å². The summed E-state index contributed by atoms with van der Waals surface area (Å²) in [5.41, 5.74) is 1.19. The first kappa shape index (κ1) is 20.5. The first-order chi connectivity index (χ1) is 14.0. The molecule has 0 saturated carbocycles. The molecule has 3 aromatic rings. The Hall–Kier alpha value is -3.26. The second-order valence-corrected chi connectivity index (χ2v) is 6.36. The molecular weight excluding hydrogens is 398 g/mol. The zero-order chi connectivity index (χ0) is 20.8. The first-order valence-electron chi connectivity index (χ1n) is 8.73. The third-order valence-corrected chi connectivity index (χ3v) is 4.43. The first-order valence-corrected chi connectivity index (χ1v) is 9.10. The van der Waals surface area contributed by atoms with E-state index in [0.29, 0.717) is 45.2 Å². The van der Waals surface area contributed by atoms with E-state index in [0.717, 1.165) is 0 Å². The molecule has 0 saturated heterocycles. The van der Waals surface area contributed by atoms with E-state index in [9.17, 15) is 4.79 Å². The summed E-state index contributed by atoms with van der Waals surface area (Å²) in [6, 6.07) is 10.5. The molecule has 2 aromatic carbocycles. The molecule has 0 aliphatic carbocycles. The molecule has 0 aliphatic rings. The van der Waals surface area contributed by atoms with Gasteiger partial charge in [-0.05, 0) is 24.3 Å². The van der Waals surface area contributed by atoms with E-state index < -0.39 is 0 Å². The average molecular weight is 418 g/mol. The summed E-state index contributed by atoms with van der Waals surface area (Å²) < 4.78 is 21.3. The van der Waals surface area contributed by atoms with Crippen LogP contribution in [0.15, 0.2) is 40.9 Å². The fourth-order valence-corrected chi connectivity index (χ4v) is 2.86. The lowest BCUT2D eigenvalue weighted by Gasteiger charge is -2.12. The number of hydrogen-bond acceptors (Lipinski definition) is 7. The molecule has 0 bridgehead atoms. The number of aromatic nitrogens is 2. The number of ether oxygens (including phenoxy) is 3. The number of halogens is 1. The molecule has 1 heterocycles. The minimum Gasteiger partial charge on any atom is -0.493 e. The largest absolute Gasteiger partial charge is 0.493 e. The number of aryl methyl sites for hydroxylation is 1. The van der Waals surface area contributed by atoms with Crippen molar-refractivity contribution in [1.82, 2.24) is 10.1 Å². The van der Waals surface area contributed by atoms with E-state index in [1.165, 1.54) is 21.3 Å². The molecular formula is C20H20ClN3O5. The molecule has 1 aromatic heterocycles. The Labute approximate surface area is 172 Å². The maximum atomic E-state index is 12.1. The van der Waals surface area contributed by atoms with Gasteiger partial charge in [0, 0.05) is 18.4 Å². The second-order valence-electron chi connectivity index (χ2n) is 5.95. The van der Waals surface area contributed by atoms with Crippen LogP contribution in [0.2, 0.25) is 5.02 Å². The van der Waals surface area contributed by atoms with Crippen molar-refractivity contribution in [3.05, 3.63) is 47.3 Å². The van der Waals surface area contributed by atoms with Crippen LogP contribution in [0.5, 0.6) is 17.2 Å². The van der Waals surface area contributed by atoms with Crippen molar-refractivity contribution in [2.24, 2.45) is 0 Å². The topological polar surface area (TPSA) is 95.7 Å². The highest BCUT2D eigenvalue weighted by molar-refractivity contribution is 6.33. The molecule has 3 rings (SSSR count). The van der Waals surface area contributed by atoms with E-state index in [1.54, 1.807) is 36.4 Å². The Bertz CT molecular complexity index is 980. The monoisotopic (exact) mass is 417 g/mol. The molecule has 29 heavy (non-hydrogen) atoms. The van der Waals surface area contributed by atoms with Crippen molar-refractivity contribution in [1.29, 1.82) is 0 Å². The van der Waals surface area contributed by atoms with E-state index in [2.05, 4.69) is 15.5 Å². The van der Waals surface area contributed by atoms with Gasteiger partial charge in [-0.1, -0.05) is 28.9 Å². The summed E-state index contributed by atoms with van der Waals surface area (Å²) in [7, 11) is 4.58. The molecule has 0 spiro atoms. The maximum absolute atomic E-state index is 12.1. The van der Waals surface area contributed by atoms with Gasteiger partial charge in [0.2, 0.25) is 23.4 Å². The van der Waals surface area contributed by atoms with Crippen LogP contribution in [-0.2, 0) is 11.2 Å². The number of methoxy groups -OCH3 is 3. The number of carbonyl (C=O) groups is 1. The number of nitrogens with zero attached hydrogens (tertiary/aromatic N) is 2. The zero-order valence-corrected chi connectivity index (χ0v) is 16.9. The van der Waals surface area contributed by atoms with Crippen LogP contribution >= 0.6 is 11.6 Å². The molecule has 1 amide bonds. The molecule has 0 fully saturated rings. The van der Waals surface area contributed by atoms with Gasteiger partial charge in [-0.3, -0.25) is 4.79 Å². The number of benzene rings is 2. The summed E-state index contributed by atoms with van der Waals surface area (Å²) in [4.78, 5) is 16.5. The van der Waals surface area contributed by atoms with Crippen LogP contribution in [0.4, 0.5) is 5.69 Å². The maximum Gasteiger partial charge on any atom is 0.227 e. The number of amides is 1.